The van der Waals surface area contributed by atoms with Crippen LogP contribution in [0.4, 0.5) is 0 Å². The number of hydrogen-bond acceptors (Lipinski definition) is 4. The van der Waals surface area contributed by atoms with Gasteiger partial charge in [-0.15, -0.1) is 0 Å². The van der Waals surface area contributed by atoms with Crippen LogP contribution in [-0.4, -0.2) is 9.97 Å². The van der Waals surface area contributed by atoms with Crippen LogP contribution in [0.1, 0.15) is 176 Å². The minimum atomic E-state index is -0.444. The largest absolute Gasteiger partial charge is 0.256 e. The van der Waals surface area contributed by atoms with Crippen LogP contribution >= 0.6 is 0 Å². The van der Waals surface area contributed by atoms with Crippen molar-refractivity contribution in [2.75, 3.05) is 0 Å². The maximum Gasteiger partial charge on any atom is 0.0971 e. The first kappa shape index (κ1) is 42.9. The Bertz CT molecular complexity index is 1810. The first-order valence-corrected chi connectivity index (χ1v) is 22.3. The van der Waals surface area contributed by atoms with Crippen molar-refractivity contribution in [3.05, 3.63) is 106 Å². The third-order valence-electron chi connectivity index (χ3n) is 12.5. The number of aryl methyl sites for hydroxylation is 2. The third-order valence-corrected chi connectivity index (χ3v) is 12.5. The summed E-state index contributed by atoms with van der Waals surface area (Å²) in [6, 6.07) is 26.8. The van der Waals surface area contributed by atoms with E-state index in [4.69, 9.17) is 9.97 Å². The molecule has 2 aromatic heterocycles. The molecule has 0 saturated heterocycles. The molecule has 2 aliphatic carbocycles. The van der Waals surface area contributed by atoms with E-state index in [1.165, 1.54) is 133 Å². The molecular weight excluding hydrogens is 681 g/mol. The molecule has 0 fully saturated rings. The second-order valence-corrected chi connectivity index (χ2v) is 16.9. The van der Waals surface area contributed by atoms with Crippen molar-refractivity contribution in [2.24, 2.45) is 0 Å². The molecule has 0 bridgehead atoms. The third kappa shape index (κ3) is 9.80. The number of benzene rings is 2. The van der Waals surface area contributed by atoms with Gasteiger partial charge in [0.25, 0.3) is 0 Å². The summed E-state index contributed by atoms with van der Waals surface area (Å²) in [5.74, 6) is 0. The van der Waals surface area contributed by atoms with Crippen LogP contribution in [0.15, 0.2) is 60.7 Å². The SMILES string of the molecule is CCCCCc1nc2c(c(-c3ccccc3)c1CCCCC)CC[C@]2(C)C#N.CCCCCc1nc2c(c(-c3ccccc3)c1CCCCC)CC[C@]2(C)C#N. The van der Waals surface area contributed by atoms with E-state index in [1.807, 2.05) is 0 Å². The molecule has 4 nitrogen and oxygen atoms in total. The second kappa shape index (κ2) is 20.8. The van der Waals surface area contributed by atoms with Crippen LogP contribution in [0.2, 0.25) is 0 Å². The van der Waals surface area contributed by atoms with E-state index in [2.05, 4.69) is 114 Å². The summed E-state index contributed by atoms with van der Waals surface area (Å²) in [4.78, 5) is 10.4. The Kier molecular flexibility index (Phi) is 15.9. The predicted molar refractivity (Wildman–Crippen MR) is 235 cm³/mol. The number of fused-ring (bicyclic) bond motifs is 2. The normalized spacial score (nSPS) is 18.1. The predicted octanol–water partition coefficient (Wildman–Crippen LogP) is 13.9. The highest BCUT2D eigenvalue weighted by atomic mass is 14.8. The van der Waals surface area contributed by atoms with Crippen LogP contribution in [0.25, 0.3) is 22.3 Å². The number of hydrogen-bond donors (Lipinski definition) is 0. The second-order valence-electron chi connectivity index (χ2n) is 16.9. The van der Waals surface area contributed by atoms with Gasteiger partial charge in [0.2, 0.25) is 0 Å². The van der Waals surface area contributed by atoms with Gasteiger partial charge < -0.3 is 0 Å². The molecule has 2 aliphatic rings. The minimum absolute atomic E-state index is 0.444. The van der Waals surface area contributed by atoms with Crippen LogP contribution in [0.3, 0.4) is 0 Å². The minimum Gasteiger partial charge on any atom is -0.256 e. The van der Waals surface area contributed by atoms with Gasteiger partial charge in [0.1, 0.15) is 0 Å². The molecule has 4 aromatic rings. The molecule has 0 spiro atoms. The van der Waals surface area contributed by atoms with Crippen molar-refractivity contribution >= 4 is 0 Å². The number of pyridine rings is 2. The van der Waals surface area contributed by atoms with E-state index in [0.717, 1.165) is 62.8 Å². The Balaban J connectivity index is 0.000000214. The molecule has 0 amide bonds. The van der Waals surface area contributed by atoms with Crippen LogP contribution < -0.4 is 0 Å². The summed E-state index contributed by atoms with van der Waals surface area (Å²) >= 11 is 0. The highest BCUT2D eigenvalue weighted by molar-refractivity contribution is 5.76. The zero-order valence-corrected chi connectivity index (χ0v) is 35.7. The van der Waals surface area contributed by atoms with Gasteiger partial charge in [0, 0.05) is 11.4 Å². The fourth-order valence-electron chi connectivity index (χ4n) is 9.08. The fourth-order valence-corrected chi connectivity index (χ4v) is 9.08. The number of rotatable bonds is 18. The lowest BCUT2D eigenvalue weighted by atomic mass is 9.85. The van der Waals surface area contributed by atoms with Crippen LogP contribution in [0, 0.1) is 22.7 Å². The highest BCUT2D eigenvalue weighted by Gasteiger charge is 2.40. The van der Waals surface area contributed by atoms with E-state index in [0.29, 0.717) is 0 Å². The lowest BCUT2D eigenvalue weighted by Gasteiger charge is -2.22. The van der Waals surface area contributed by atoms with Crippen molar-refractivity contribution < 1.29 is 0 Å². The molecule has 0 saturated carbocycles. The summed E-state index contributed by atoms with van der Waals surface area (Å²) in [5, 5.41) is 19.8. The summed E-state index contributed by atoms with van der Waals surface area (Å²) in [6.07, 6.45) is 22.7. The summed E-state index contributed by atoms with van der Waals surface area (Å²) in [7, 11) is 0. The Morgan fingerprint density at radius 3 is 1.16 bits per heavy atom. The Morgan fingerprint density at radius 2 is 0.839 bits per heavy atom. The van der Waals surface area contributed by atoms with Gasteiger partial charge >= 0.3 is 0 Å². The van der Waals surface area contributed by atoms with Gasteiger partial charge in [-0.05, 0) is 135 Å². The molecular formula is C52H68N4. The van der Waals surface area contributed by atoms with E-state index in [9.17, 15) is 10.5 Å². The molecule has 4 heteroatoms. The molecule has 0 N–H and O–H groups in total. The summed E-state index contributed by atoms with van der Waals surface area (Å²) in [5.41, 5.74) is 14.7. The molecule has 296 valence electrons. The lowest BCUT2D eigenvalue weighted by Crippen LogP contribution is -2.19. The molecule has 0 unspecified atom stereocenters. The Labute approximate surface area is 340 Å². The molecule has 56 heavy (non-hydrogen) atoms. The van der Waals surface area contributed by atoms with Crippen molar-refractivity contribution in [3.8, 4) is 34.4 Å². The van der Waals surface area contributed by atoms with Gasteiger partial charge in [0.15, 0.2) is 0 Å². The quantitative estimate of drug-likeness (QED) is 0.0950. The standard InChI is InChI=1S/2C26H34N2/c2*1-4-6-9-15-21-23(16-10-7-5-2)28-25-22(17-18-26(25,3)19-27)24(21)20-13-11-8-12-14-20/h2*8,11-14H,4-7,9-10,15-18H2,1-3H3/t2*26-/m11/s1. The Hall–Kier alpha value is -4.28. The maximum atomic E-state index is 9.89. The molecule has 0 radical (unpaired) electrons. The van der Waals surface area contributed by atoms with E-state index in [1.54, 1.807) is 0 Å². The van der Waals surface area contributed by atoms with Crippen molar-refractivity contribution in [1.29, 1.82) is 10.5 Å². The molecule has 2 atom stereocenters. The van der Waals surface area contributed by atoms with E-state index >= 15 is 0 Å². The number of aromatic nitrogens is 2. The smallest absolute Gasteiger partial charge is 0.0971 e. The van der Waals surface area contributed by atoms with Gasteiger partial charge in [-0.2, -0.15) is 10.5 Å². The van der Waals surface area contributed by atoms with Gasteiger partial charge in [-0.25, -0.2) is 0 Å². The summed E-state index contributed by atoms with van der Waals surface area (Å²) < 4.78 is 0. The van der Waals surface area contributed by atoms with Crippen molar-refractivity contribution in [1.82, 2.24) is 9.97 Å². The first-order chi connectivity index (χ1) is 27.3. The van der Waals surface area contributed by atoms with Gasteiger partial charge in [0.05, 0.1) is 34.4 Å². The number of unbranched alkanes of at least 4 members (excludes halogenated alkanes) is 8. The van der Waals surface area contributed by atoms with Gasteiger partial charge in [-0.3, -0.25) is 9.97 Å². The first-order valence-electron chi connectivity index (χ1n) is 22.3. The van der Waals surface area contributed by atoms with Crippen molar-refractivity contribution in [3.63, 3.8) is 0 Å². The fraction of sp³-hybridized carbons (Fsp3) is 0.538. The van der Waals surface area contributed by atoms with E-state index < -0.39 is 10.8 Å². The van der Waals surface area contributed by atoms with Crippen LogP contribution in [-0.2, 0) is 49.4 Å². The molecule has 2 aromatic carbocycles. The zero-order valence-electron chi connectivity index (χ0n) is 35.7. The monoisotopic (exact) mass is 749 g/mol. The zero-order chi connectivity index (χ0) is 40.0. The molecule has 6 rings (SSSR count). The average molecular weight is 749 g/mol. The maximum absolute atomic E-state index is 9.89. The van der Waals surface area contributed by atoms with Gasteiger partial charge in [-0.1, -0.05) is 140 Å². The molecule has 2 heterocycles. The highest BCUT2D eigenvalue weighted by Crippen LogP contribution is 2.46. The number of nitrogens with zero attached hydrogens (tertiary/aromatic N) is 4. The molecule has 0 aliphatic heterocycles. The van der Waals surface area contributed by atoms with E-state index in [-0.39, 0.29) is 0 Å². The van der Waals surface area contributed by atoms with Crippen molar-refractivity contribution in [2.45, 2.75) is 181 Å². The lowest BCUT2D eigenvalue weighted by molar-refractivity contribution is 0.584. The topological polar surface area (TPSA) is 73.4 Å². The Morgan fingerprint density at radius 1 is 0.500 bits per heavy atom. The summed E-state index contributed by atoms with van der Waals surface area (Å²) in [6.45, 7) is 13.2. The average Bonchev–Trinajstić information content (AvgIpc) is 3.75. The van der Waals surface area contributed by atoms with Crippen LogP contribution in [0.5, 0.6) is 0 Å². The number of nitriles is 2.